The highest BCUT2D eigenvalue weighted by molar-refractivity contribution is 5.78. The summed E-state index contributed by atoms with van der Waals surface area (Å²) in [7, 11) is 3.90. The third-order valence-corrected chi connectivity index (χ3v) is 6.97. The lowest BCUT2D eigenvalue weighted by molar-refractivity contribution is -0.473. The van der Waals surface area contributed by atoms with E-state index in [1.807, 2.05) is 0 Å². The molecule has 4 rings (SSSR count). The van der Waals surface area contributed by atoms with E-state index in [4.69, 9.17) is 4.74 Å². The summed E-state index contributed by atoms with van der Waals surface area (Å²) < 4.78 is 7.90. The van der Waals surface area contributed by atoms with E-state index in [-0.39, 0.29) is 10.8 Å². The standard InChI is InChI=1S/C25H31N2O/c1-17-24(2,3)20-13-12-18(28-7)16-22(20)27(17)15-14-23-25(4,5)19-10-8-9-11-21(19)26(23)6/h8-17H,1-7H3/q+1. The molecule has 3 heteroatoms. The summed E-state index contributed by atoms with van der Waals surface area (Å²) in [4.78, 5) is 2.32. The molecule has 0 saturated heterocycles. The molecule has 1 atom stereocenters. The van der Waals surface area contributed by atoms with Crippen LogP contribution < -0.4 is 9.64 Å². The van der Waals surface area contributed by atoms with Gasteiger partial charge in [0.2, 0.25) is 5.69 Å². The number of nitrogens with zero attached hydrogens (tertiary/aromatic N) is 2. The van der Waals surface area contributed by atoms with Gasteiger partial charge in [0, 0.05) is 35.5 Å². The normalized spacial score (nSPS) is 24.5. The Morgan fingerprint density at radius 1 is 1.04 bits per heavy atom. The Morgan fingerprint density at radius 3 is 2.43 bits per heavy atom. The Kier molecular flexibility index (Phi) is 4.18. The van der Waals surface area contributed by atoms with Gasteiger partial charge in [0.25, 0.3) is 0 Å². The van der Waals surface area contributed by atoms with Crippen molar-refractivity contribution in [1.82, 2.24) is 0 Å². The second-order valence-corrected chi connectivity index (χ2v) is 9.09. The molecule has 0 saturated carbocycles. The zero-order valence-electron chi connectivity index (χ0n) is 18.1. The molecule has 0 N–H and O–H groups in total. The molecule has 0 spiro atoms. The van der Waals surface area contributed by atoms with Gasteiger partial charge in [-0.15, -0.1) is 0 Å². The van der Waals surface area contributed by atoms with Crippen LogP contribution in [0, 0.1) is 0 Å². The third-order valence-electron chi connectivity index (χ3n) is 6.97. The molecular weight excluding hydrogens is 344 g/mol. The highest BCUT2D eigenvalue weighted by Gasteiger charge is 2.47. The number of likely N-dealkylation sites (N-methyl/N-ethyl adjacent to an activating group) is 1. The van der Waals surface area contributed by atoms with E-state index in [2.05, 4.69) is 106 Å². The average Bonchev–Trinajstić information content (AvgIpc) is 2.99. The molecule has 0 aromatic heterocycles. The van der Waals surface area contributed by atoms with Crippen molar-refractivity contribution in [1.29, 1.82) is 0 Å². The quantitative estimate of drug-likeness (QED) is 0.653. The molecule has 0 fully saturated rings. The van der Waals surface area contributed by atoms with Crippen molar-refractivity contribution in [3.8, 4) is 5.75 Å². The van der Waals surface area contributed by atoms with Crippen molar-refractivity contribution in [2.24, 2.45) is 0 Å². The number of ether oxygens (including phenoxy) is 1. The summed E-state index contributed by atoms with van der Waals surface area (Å²) in [5.74, 6) is 0.903. The van der Waals surface area contributed by atoms with E-state index in [0.29, 0.717) is 6.04 Å². The molecule has 1 unspecified atom stereocenters. The minimum absolute atomic E-state index is 0.0163. The highest BCUT2D eigenvalue weighted by Crippen LogP contribution is 2.47. The predicted molar refractivity (Wildman–Crippen MR) is 117 cm³/mol. The molecule has 146 valence electrons. The van der Waals surface area contributed by atoms with Crippen LogP contribution >= 0.6 is 0 Å². The van der Waals surface area contributed by atoms with Gasteiger partial charge in [-0.25, -0.2) is 0 Å². The van der Waals surface area contributed by atoms with Gasteiger partial charge < -0.3 is 9.64 Å². The summed E-state index contributed by atoms with van der Waals surface area (Å²) in [6, 6.07) is 15.5. The molecule has 2 aliphatic rings. The van der Waals surface area contributed by atoms with Crippen LogP contribution in [0.15, 0.2) is 54.2 Å². The predicted octanol–water partition coefficient (Wildman–Crippen LogP) is 5.40. The molecule has 28 heavy (non-hydrogen) atoms. The van der Waals surface area contributed by atoms with Crippen molar-refractivity contribution < 1.29 is 9.31 Å². The van der Waals surface area contributed by atoms with Crippen molar-refractivity contribution in [2.45, 2.75) is 51.5 Å². The summed E-state index contributed by atoms with van der Waals surface area (Å²) in [6.07, 6.45) is 4.55. The summed E-state index contributed by atoms with van der Waals surface area (Å²) in [5, 5.41) is 0. The average molecular weight is 376 g/mol. The zero-order valence-corrected chi connectivity index (χ0v) is 18.1. The SMILES string of the molecule is COc1ccc2c(c1)[N+](=CC=C1N(C)c3ccccc3C1(C)C)C(C)C2(C)C. The molecule has 0 bridgehead atoms. The maximum atomic E-state index is 5.50. The molecule has 2 aromatic carbocycles. The molecular formula is C25H31N2O+. The fraction of sp³-hybridized carbons (Fsp3) is 0.400. The number of fused-ring (bicyclic) bond motifs is 2. The van der Waals surface area contributed by atoms with Gasteiger partial charge in [0.15, 0.2) is 12.3 Å². The minimum atomic E-state index is -0.0163. The van der Waals surface area contributed by atoms with Crippen LogP contribution in [0.5, 0.6) is 5.75 Å². The minimum Gasteiger partial charge on any atom is -0.497 e. The second kappa shape index (κ2) is 6.23. The van der Waals surface area contributed by atoms with Crippen LogP contribution in [0.4, 0.5) is 11.4 Å². The lowest BCUT2D eigenvalue weighted by Gasteiger charge is -2.23. The summed E-state index contributed by atoms with van der Waals surface area (Å²) >= 11 is 0. The van der Waals surface area contributed by atoms with Gasteiger partial charge in [-0.3, -0.25) is 0 Å². The second-order valence-electron chi connectivity index (χ2n) is 9.09. The Hall–Kier alpha value is -2.55. The van der Waals surface area contributed by atoms with Crippen LogP contribution in [0.25, 0.3) is 0 Å². The lowest BCUT2D eigenvalue weighted by Crippen LogP contribution is -2.32. The molecule has 2 heterocycles. The number of benzene rings is 2. The Bertz CT molecular complexity index is 997. The van der Waals surface area contributed by atoms with E-state index < -0.39 is 0 Å². The first kappa shape index (κ1) is 18.8. The highest BCUT2D eigenvalue weighted by atomic mass is 16.5. The first-order valence-corrected chi connectivity index (χ1v) is 10.1. The van der Waals surface area contributed by atoms with E-state index in [1.54, 1.807) is 7.11 Å². The largest absolute Gasteiger partial charge is 0.497 e. The van der Waals surface area contributed by atoms with Crippen LogP contribution in [0.3, 0.4) is 0 Å². The van der Waals surface area contributed by atoms with Crippen LogP contribution in [-0.4, -0.2) is 31.0 Å². The van der Waals surface area contributed by atoms with E-state index in [1.165, 1.54) is 28.2 Å². The van der Waals surface area contributed by atoms with Gasteiger partial charge in [0.1, 0.15) is 5.75 Å². The maximum Gasteiger partial charge on any atom is 0.213 e. The van der Waals surface area contributed by atoms with Gasteiger partial charge in [-0.2, -0.15) is 4.58 Å². The number of rotatable bonds is 2. The fourth-order valence-electron chi connectivity index (χ4n) is 4.84. The zero-order chi connectivity index (χ0) is 20.3. The molecule has 0 amide bonds. The van der Waals surface area contributed by atoms with E-state index >= 15 is 0 Å². The topological polar surface area (TPSA) is 15.5 Å². The Morgan fingerprint density at radius 2 is 1.75 bits per heavy atom. The van der Waals surface area contributed by atoms with Crippen molar-refractivity contribution in [3.05, 3.63) is 65.4 Å². The number of allylic oxidation sites excluding steroid dienone is 2. The van der Waals surface area contributed by atoms with Crippen LogP contribution in [-0.2, 0) is 10.8 Å². The van der Waals surface area contributed by atoms with Gasteiger partial charge in [-0.05, 0) is 44.5 Å². The maximum absolute atomic E-state index is 5.50. The number of hydrogen-bond acceptors (Lipinski definition) is 2. The Balaban J connectivity index is 1.83. The monoisotopic (exact) mass is 375 g/mol. The molecule has 0 aliphatic carbocycles. The molecule has 2 aromatic rings. The molecule has 3 nitrogen and oxygen atoms in total. The van der Waals surface area contributed by atoms with Crippen molar-refractivity contribution in [3.63, 3.8) is 0 Å². The van der Waals surface area contributed by atoms with E-state index in [9.17, 15) is 0 Å². The first-order chi connectivity index (χ1) is 13.2. The Labute approximate surface area is 169 Å². The first-order valence-electron chi connectivity index (χ1n) is 10.1. The lowest BCUT2D eigenvalue weighted by atomic mass is 9.81. The van der Waals surface area contributed by atoms with Gasteiger partial charge in [0.05, 0.1) is 18.6 Å². The summed E-state index contributed by atoms with van der Waals surface area (Å²) in [6.45, 7) is 11.6. The van der Waals surface area contributed by atoms with Gasteiger partial charge >= 0.3 is 0 Å². The number of para-hydroxylation sites is 1. The van der Waals surface area contributed by atoms with Crippen LogP contribution in [0.1, 0.15) is 45.7 Å². The van der Waals surface area contributed by atoms with Crippen molar-refractivity contribution >= 4 is 17.6 Å². The molecule has 2 aliphatic heterocycles. The van der Waals surface area contributed by atoms with Crippen molar-refractivity contribution in [2.75, 3.05) is 19.1 Å². The number of methoxy groups -OCH3 is 1. The van der Waals surface area contributed by atoms with Gasteiger partial charge in [-0.1, -0.05) is 32.0 Å². The van der Waals surface area contributed by atoms with E-state index in [0.717, 1.165) is 5.75 Å². The number of hydrogen-bond donors (Lipinski definition) is 0. The number of anilines is 1. The fourth-order valence-corrected chi connectivity index (χ4v) is 4.84. The summed E-state index contributed by atoms with van der Waals surface area (Å²) in [5.41, 5.74) is 6.67. The van der Waals surface area contributed by atoms with Crippen LogP contribution in [0.2, 0.25) is 0 Å². The third kappa shape index (κ3) is 2.52. The smallest absolute Gasteiger partial charge is 0.213 e. The molecule has 0 radical (unpaired) electrons.